The molecule has 0 amide bonds. The maximum absolute atomic E-state index is 6.31. The standard InChI is InChI=1S/C15H15ClINO/c1-2-19-12-6-3-10(4-7-12)15(18)13-9-11(16)5-8-14(13)17/h3-9,15H,2,18H2,1H3. The van der Waals surface area contributed by atoms with Crippen LogP contribution >= 0.6 is 34.2 Å². The Morgan fingerprint density at radius 3 is 2.53 bits per heavy atom. The number of hydrogen-bond donors (Lipinski definition) is 1. The predicted molar refractivity (Wildman–Crippen MR) is 87.8 cm³/mol. The molecule has 0 saturated heterocycles. The van der Waals surface area contributed by atoms with Crippen LogP contribution in [0.1, 0.15) is 24.1 Å². The normalized spacial score (nSPS) is 12.2. The average Bonchev–Trinajstić information content (AvgIpc) is 2.42. The predicted octanol–water partition coefficient (Wildman–Crippen LogP) is 4.39. The number of halogens is 2. The van der Waals surface area contributed by atoms with Gasteiger partial charge in [-0.3, -0.25) is 0 Å². The van der Waals surface area contributed by atoms with Gasteiger partial charge in [0.1, 0.15) is 5.75 Å². The van der Waals surface area contributed by atoms with Crippen molar-refractivity contribution in [1.82, 2.24) is 0 Å². The lowest BCUT2D eigenvalue weighted by Gasteiger charge is -2.15. The fourth-order valence-corrected chi connectivity index (χ4v) is 2.72. The van der Waals surface area contributed by atoms with Crippen molar-refractivity contribution in [2.75, 3.05) is 6.61 Å². The lowest BCUT2D eigenvalue weighted by Crippen LogP contribution is -2.13. The van der Waals surface area contributed by atoms with E-state index in [2.05, 4.69) is 22.6 Å². The lowest BCUT2D eigenvalue weighted by atomic mass is 10.00. The van der Waals surface area contributed by atoms with Crippen LogP contribution in [0.4, 0.5) is 0 Å². The van der Waals surface area contributed by atoms with Crippen LogP contribution in [0, 0.1) is 3.57 Å². The van der Waals surface area contributed by atoms with Crippen LogP contribution in [0.25, 0.3) is 0 Å². The van der Waals surface area contributed by atoms with Crippen molar-refractivity contribution >= 4 is 34.2 Å². The third-order valence-electron chi connectivity index (χ3n) is 2.84. The topological polar surface area (TPSA) is 35.2 Å². The van der Waals surface area contributed by atoms with Crippen LogP contribution in [0.5, 0.6) is 5.75 Å². The van der Waals surface area contributed by atoms with Crippen LogP contribution in [0.2, 0.25) is 5.02 Å². The molecule has 2 nitrogen and oxygen atoms in total. The summed E-state index contributed by atoms with van der Waals surface area (Å²) in [6.07, 6.45) is 0. The molecule has 2 aromatic carbocycles. The van der Waals surface area contributed by atoms with E-state index in [-0.39, 0.29) is 6.04 Å². The molecule has 19 heavy (non-hydrogen) atoms. The van der Waals surface area contributed by atoms with Crippen molar-refractivity contribution in [3.8, 4) is 5.75 Å². The number of nitrogens with two attached hydrogens (primary N) is 1. The minimum absolute atomic E-state index is 0.179. The highest BCUT2D eigenvalue weighted by Gasteiger charge is 2.12. The second kappa shape index (κ2) is 6.59. The van der Waals surface area contributed by atoms with Gasteiger partial charge in [-0.05, 0) is 71.0 Å². The first-order valence-corrected chi connectivity index (χ1v) is 7.50. The van der Waals surface area contributed by atoms with E-state index in [0.29, 0.717) is 11.6 Å². The Hall–Kier alpha value is -0.780. The number of rotatable bonds is 4. The molecule has 2 N–H and O–H groups in total. The van der Waals surface area contributed by atoms with E-state index in [1.165, 1.54) is 0 Å². The number of hydrogen-bond acceptors (Lipinski definition) is 2. The van der Waals surface area contributed by atoms with Crippen LogP contribution < -0.4 is 10.5 Å². The lowest BCUT2D eigenvalue weighted by molar-refractivity contribution is 0.340. The molecule has 0 radical (unpaired) electrons. The van der Waals surface area contributed by atoms with Gasteiger partial charge in [-0.2, -0.15) is 0 Å². The molecule has 1 atom stereocenters. The molecular formula is C15H15ClINO. The zero-order chi connectivity index (χ0) is 13.8. The van der Waals surface area contributed by atoms with Crippen molar-refractivity contribution in [2.45, 2.75) is 13.0 Å². The fourth-order valence-electron chi connectivity index (χ4n) is 1.87. The summed E-state index contributed by atoms with van der Waals surface area (Å²) in [4.78, 5) is 0. The van der Waals surface area contributed by atoms with Crippen molar-refractivity contribution in [3.05, 3.63) is 62.2 Å². The Kier molecular flexibility index (Phi) is 5.07. The summed E-state index contributed by atoms with van der Waals surface area (Å²) in [5.74, 6) is 0.860. The van der Waals surface area contributed by atoms with Gasteiger partial charge in [0.15, 0.2) is 0 Å². The highest BCUT2D eigenvalue weighted by molar-refractivity contribution is 14.1. The Morgan fingerprint density at radius 2 is 1.89 bits per heavy atom. The molecule has 4 heteroatoms. The van der Waals surface area contributed by atoms with E-state index < -0.39 is 0 Å². The largest absolute Gasteiger partial charge is 0.494 e. The Morgan fingerprint density at radius 1 is 1.21 bits per heavy atom. The van der Waals surface area contributed by atoms with Crippen LogP contribution in [-0.4, -0.2) is 6.61 Å². The highest BCUT2D eigenvalue weighted by Crippen LogP contribution is 2.28. The zero-order valence-electron chi connectivity index (χ0n) is 10.6. The molecule has 0 saturated carbocycles. The quantitative estimate of drug-likeness (QED) is 0.790. The Bertz CT molecular complexity index is 557. The molecule has 0 heterocycles. The summed E-state index contributed by atoms with van der Waals surface area (Å²) in [7, 11) is 0. The van der Waals surface area contributed by atoms with E-state index >= 15 is 0 Å². The average molecular weight is 388 g/mol. The number of ether oxygens (including phenoxy) is 1. The SMILES string of the molecule is CCOc1ccc(C(N)c2cc(Cl)ccc2I)cc1. The summed E-state index contributed by atoms with van der Waals surface area (Å²) in [5, 5.41) is 0.705. The molecule has 1 unspecified atom stereocenters. The molecule has 0 aromatic heterocycles. The first-order chi connectivity index (χ1) is 9.11. The summed E-state index contributed by atoms with van der Waals surface area (Å²) in [6.45, 7) is 2.63. The molecular weight excluding hydrogens is 373 g/mol. The van der Waals surface area contributed by atoms with Crippen LogP contribution in [-0.2, 0) is 0 Å². The van der Waals surface area contributed by atoms with Gasteiger partial charge < -0.3 is 10.5 Å². The Labute approximate surface area is 132 Å². The highest BCUT2D eigenvalue weighted by atomic mass is 127. The maximum Gasteiger partial charge on any atom is 0.119 e. The van der Waals surface area contributed by atoms with E-state index in [4.69, 9.17) is 22.1 Å². The van der Waals surface area contributed by atoms with Gasteiger partial charge in [0.2, 0.25) is 0 Å². The van der Waals surface area contributed by atoms with Gasteiger partial charge in [0.05, 0.1) is 12.6 Å². The van der Waals surface area contributed by atoms with Crippen molar-refractivity contribution < 1.29 is 4.74 Å². The summed E-state index contributed by atoms with van der Waals surface area (Å²) in [5.41, 5.74) is 8.39. The smallest absolute Gasteiger partial charge is 0.119 e. The molecule has 0 aliphatic heterocycles. The molecule has 100 valence electrons. The van der Waals surface area contributed by atoms with E-state index in [1.54, 1.807) is 0 Å². The summed E-state index contributed by atoms with van der Waals surface area (Å²) >= 11 is 8.31. The van der Waals surface area contributed by atoms with E-state index in [0.717, 1.165) is 20.4 Å². The van der Waals surface area contributed by atoms with E-state index in [9.17, 15) is 0 Å². The third kappa shape index (κ3) is 3.61. The molecule has 0 aliphatic rings. The van der Waals surface area contributed by atoms with Crippen molar-refractivity contribution in [1.29, 1.82) is 0 Å². The molecule has 0 fully saturated rings. The van der Waals surface area contributed by atoms with Crippen molar-refractivity contribution in [2.24, 2.45) is 5.73 Å². The van der Waals surface area contributed by atoms with Crippen molar-refractivity contribution in [3.63, 3.8) is 0 Å². The Balaban J connectivity index is 2.27. The molecule has 0 bridgehead atoms. The minimum atomic E-state index is -0.179. The zero-order valence-corrected chi connectivity index (χ0v) is 13.5. The molecule has 2 aromatic rings. The number of benzene rings is 2. The van der Waals surface area contributed by atoms with Gasteiger partial charge in [0.25, 0.3) is 0 Å². The first-order valence-electron chi connectivity index (χ1n) is 6.05. The second-order valence-corrected chi connectivity index (χ2v) is 5.74. The van der Waals surface area contributed by atoms with Gasteiger partial charge >= 0.3 is 0 Å². The fraction of sp³-hybridized carbons (Fsp3) is 0.200. The van der Waals surface area contributed by atoms with Gasteiger partial charge in [-0.15, -0.1) is 0 Å². The van der Waals surface area contributed by atoms with Gasteiger partial charge in [-0.25, -0.2) is 0 Å². The summed E-state index contributed by atoms with van der Waals surface area (Å²) < 4.78 is 6.54. The third-order valence-corrected chi connectivity index (χ3v) is 4.06. The van der Waals surface area contributed by atoms with Gasteiger partial charge in [-0.1, -0.05) is 23.7 Å². The van der Waals surface area contributed by atoms with Crippen LogP contribution in [0.15, 0.2) is 42.5 Å². The van der Waals surface area contributed by atoms with Crippen LogP contribution in [0.3, 0.4) is 0 Å². The maximum atomic E-state index is 6.31. The van der Waals surface area contributed by atoms with Gasteiger partial charge in [0, 0.05) is 8.59 Å². The minimum Gasteiger partial charge on any atom is -0.494 e. The monoisotopic (exact) mass is 387 g/mol. The molecule has 0 spiro atoms. The second-order valence-electron chi connectivity index (χ2n) is 4.15. The molecule has 2 rings (SSSR count). The van der Waals surface area contributed by atoms with E-state index in [1.807, 2.05) is 49.4 Å². The first kappa shape index (κ1) is 14.6. The summed E-state index contributed by atoms with van der Waals surface area (Å²) in [6, 6.07) is 13.5. The molecule has 0 aliphatic carbocycles.